The van der Waals surface area contributed by atoms with Gasteiger partial charge in [0.25, 0.3) is 5.91 Å². The first kappa shape index (κ1) is 21.0. The number of aromatic nitrogens is 1. The van der Waals surface area contributed by atoms with Gasteiger partial charge in [0.15, 0.2) is 5.13 Å². The van der Waals surface area contributed by atoms with E-state index in [9.17, 15) is 14.0 Å². The molecule has 3 amide bonds. The van der Waals surface area contributed by atoms with Crippen LogP contribution in [0.4, 0.5) is 20.0 Å². The maximum Gasteiger partial charge on any atom is 0.321 e. The van der Waals surface area contributed by atoms with E-state index in [1.165, 1.54) is 45.6 Å². The van der Waals surface area contributed by atoms with Crippen LogP contribution in [0.3, 0.4) is 0 Å². The fourth-order valence-corrected chi connectivity index (χ4v) is 4.29. The summed E-state index contributed by atoms with van der Waals surface area (Å²) < 4.78 is 14.4. The normalized spacial score (nSPS) is 13.4. The summed E-state index contributed by atoms with van der Waals surface area (Å²) in [6.45, 7) is 5.18. The van der Waals surface area contributed by atoms with E-state index in [1.807, 2.05) is 5.38 Å². The molecule has 2 aromatic carbocycles. The number of hydrogen-bond acceptors (Lipinski definition) is 4. The maximum atomic E-state index is 14.4. The summed E-state index contributed by atoms with van der Waals surface area (Å²) in [5.41, 5.74) is 4.59. The number of thiazole rings is 1. The highest BCUT2D eigenvalue weighted by atomic mass is 32.1. The molecule has 4 rings (SSSR count). The van der Waals surface area contributed by atoms with Gasteiger partial charge in [-0.25, -0.2) is 14.2 Å². The molecule has 0 radical (unpaired) electrons. The van der Waals surface area contributed by atoms with Crippen LogP contribution in [0.5, 0.6) is 0 Å². The molecule has 1 aliphatic rings. The number of aryl methyl sites for hydroxylation is 2. The molecule has 1 fully saturated rings. The Kier molecular flexibility index (Phi) is 5.99. The summed E-state index contributed by atoms with van der Waals surface area (Å²) in [5.74, 6) is -1.25. The van der Waals surface area contributed by atoms with Crippen LogP contribution in [0.1, 0.15) is 35.3 Å². The lowest BCUT2D eigenvalue weighted by atomic mass is 9.99. The summed E-state index contributed by atoms with van der Waals surface area (Å²) in [4.78, 5) is 30.7. The number of benzene rings is 2. The molecule has 0 aliphatic carbocycles. The van der Waals surface area contributed by atoms with Crippen LogP contribution in [0.25, 0.3) is 11.3 Å². The summed E-state index contributed by atoms with van der Waals surface area (Å²) >= 11 is 1.30. The SMILES string of the molecule is CCc1ccc(CC)c(-c2csc(NC(=O)c3cc(N4CCNC4=O)ccc3F)n2)c1. The van der Waals surface area contributed by atoms with Gasteiger partial charge in [-0.1, -0.05) is 26.0 Å². The minimum Gasteiger partial charge on any atom is -0.336 e. The van der Waals surface area contributed by atoms with Gasteiger partial charge < -0.3 is 5.32 Å². The molecule has 31 heavy (non-hydrogen) atoms. The van der Waals surface area contributed by atoms with Gasteiger partial charge in [-0.2, -0.15) is 0 Å². The van der Waals surface area contributed by atoms with Gasteiger partial charge in [0.2, 0.25) is 0 Å². The van der Waals surface area contributed by atoms with E-state index >= 15 is 0 Å². The number of anilines is 2. The van der Waals surface area contributed by atoms with E-state index in [-0.39, 0.29) is 11.6 Å². The zero-order chi connectivity index (χ0) is 22.0. The van der Waals surface area contributed by atoms with Crippen LogP contribution in [-0.2, 0) is 12.8 Å². The van der Waals surface area contributed by atoms with Crippen molar-refractivity contribution in [3.05, 3.63) is 64.3 Å². The van der Waals surface area contributed by atoms with E-state index in [1.54, 1.807) is 0 Å². The molecule has 2 heterocycles. The van der Waals surface area contributed by atoms with Crippen molar-refractivity contribution in [3.8, 4) is 11.3 Å². The molecule has 0 atom stereocenters. The number of urea groups is 1. The average Bonchev–Trinajstić information content (AvgIpc) is 3.42. The van der Waals surface area contributed by atoms with Crippen LogP contribution >= 0.6 is 11.3 Å². The van der Waals surface area contributed by atoms with Gasteiger partial charge in [-0.3, -0.25) is 15.0 Å². The van der Waals surface area contributed by atoms with Crippen LogP contribution < -0.4 is 15.5 Å². The third kappa shape index (κ3) is 4.29. The molecule has 0 saturated carbocycles. The molecular weight excluding hydrogens is 415 g/mol. The Morgan fingerprint density at radius 3 is 2.77 bits per heavy atom. The van der Waals surface area contributed by atoms with E-state index in [4.69, 9.17) is 0 Å². The molecule has 1 saturated heterocycles. The first-order valence-corrected chi connectivity index (χ1v) is 11.1. The van der Waals surface area contributed by atoms with Crippen LogP contribution in [0.2, 0.25) is 0 Å². The Morgan fingerprint density at radius 1 is 1.23 bits per heavy atom. The smallest absolute Gasteiger partial charge is 0.321 e. The van der Waals surface area contributed by atoms with Crippen molar-refractivity contribution in [1.82, 2.24) is 10.3 Å². The maximum absolute atomic E-state index is 14.4. The van der Waals surface area contributed by atoms with Crippen molar-refractivity contribution in [1.29, 1.82) is 0 Å². The van der Waals surface area contributed by atoms with Gasteiger partial charge >= 0.3 is 6.03 Å². The van der Waals surface area contributed by atoms with Crippen LogP contribution in [-0.4, -0.2) is 30.0 Å². The Labute approximate surface area is 184 Å². The third-order valence-electron chi connectivity index (χ3n) is 5.33. The molecule has 3 aromatic rings. The minimum atomic E-state index is -0.651. The topological polar surface area (TPSA) is 74.3 Å². The summed E-state index contributed by atoms with van der Waals surface area (Å²) in [6.07, 6.45) is 1.80. The molecule has 2 N–H and O–H groups in total. The Balaban J connectivity index is 1.57. The van der Waals surface area contributed by atoms with E-state index in [0.29, 0.717) is 23.9 Å². The second-order valence-electron chi connectivity index (χ2n) is 7.24. The first-order chi connectivity index (χ1) is 15.0. The lowest BCUT2D eigenvalue weighted by Crippen LogP contribution is -2.28. The molecule has 0 bridgehead atoms. The lowest BCUT2D eigenvalue weighted by Gasteiger charge is -2.15. The van der Waals surface area contributed by atoms with Crippen molar-refractivity contribution in [2.75, 3.05) is 23.3 Å². The van der Waals surface area contributed by atoms with Gasteiger partial charge in [0, 0.05) is 29.7 Å². The highest BCUT2D eigenvalue weighted by Crippen LogP contribution is 2.30. The summed E-state index contributed by atoms with van der Waals surface area (Å²) in [6, 6.07) is 10.2. The predicted molar refractivity (Wildman–Crippen MR) is 121 cm³/mol. The molecule has 6 nitrogen and oxygen atoms in total. The molecule has 1 aliphatic heterocycles. The quantitative estimate of drug-likeness (QED) is 0.577. The molecule has 0 spiro atoms. The van der Waals surface area contributed by atoms with E-state index in [0.717, 1.165) is 24.1 Å². The Hall–Kier alpha value is -3.26. The molecule has 160 valence electrons. The highest BCUT2D eigenvalue weighted by Gasteiger charge is 2.23. The number of hydrogen-bond donors (Lipinski definition) is 2. The number of halogens is 1. The number of nitrogens with one attached hydrogen (secondary N) is 2. The zero-order valence-electron chi connectivity index (χ0n) is 17.4. The van der Waals surface area contributed by atoms with Crippen LogP contribution in [0, 0.1) is 5.82 Å². The second kappa shape index (κ2) is 8.85. The Morgan fingerprint density at radius 2 is 2.06 bits per heavy atom. The van der Waals surface area contributed by atoms with Gasteiger partial charge in [-0.05, 0) is 48.2 Å². The standard InChI is InChI=1S/C23H23FN4O2S/c1-3-14-5-6-15(4-2)17(11-14)20-13-31-22(26-20)27-21(29)18-12-16(7-8-19(18)24)28-10-9-25-23(28)30/h5-8,11-13H,3-4,9-10H2,1-2H3,(H,25,30)(H,26,27,29). The summed E-state index contributed by atoms with van der Waals surface area (Å²) in [7, 11) is 0. The lowest BCUT2D eigenvalue weighted by molar-refractivity contribution is 0.102. The predicted octanol–water partition coefficient (Wildman–Crippen LogP) is 4.86. The second-order valence-corrected chi connectivity index (χ2v) is 8.10. The zero-order valence-corrected chi connectivity index (χ0v) is 18.2. The summed E-state index contributed by atoms with van der Waals surface area (Å²) in [5, 5.41) is 7.67. The minimum absolute atomic E-state index is 0.129. The first-order valence-electron chi connectivity index (χ1n) is 10.2. The highest BCUT2D eigenvalue weighted by molar-refractivity contribution is 7.14. The van der Waals surface area contributed by atoms with Crippen molar-refractivity contribution >= 4 is 34.1 Å². The van der Waals surface area contributed by atoms with E-state index < -0.39 is 11.7 Å². The fraction of sp³-hybridized carbons (Fsp3) is 0.261. The number of carbonyl (C=O) groups is 2. The molecule has 8 heteroatoms. The van der Waals surface area contributed by atoms with E-state index in [2.05, 4.69) is 47.7 Å². The van der Waals surface area contributed by atoms with Crippen molar-refractivity contribution in [2.24, 2.45) is 0 Å². The number of nitrogens with zero attached hydrogens (tertiary/aromatic N) is 2. The van der Waals surface area contributed by atoms with Crippen LogP contribution in [0.15, 0.2) is 41.8 Å². The number of carbonyl (C=O) groups excluding carboxylic acids is 2. The monoisotopic (exact) mass is 438 g/mol. The Bertz CT molecular complexity index is 1140. The fourth-order valence-electron chi connectivity index (χ4n) is 3.58. The molecular formula is C23H23FN4O2S. The molecule has 0 unspecified atom stereocenters. The van der Waals surface area contributed by atoms with Crippen molar-refractivity contribution < 1.29 is 14.0 Å². The van der Waals surface area contributed by atoms with Gasteiger partial charge in [0.1, 0.15) is 5.82 Å². The van der Waals surface area contributed by atoms with Crippen molar-refractivity contribution in [3.63, 3.8) is 0 Å². The van der Waals surface area contributed by atoms with Crippen molar-refractivity contribution in [2.45, 2.75) is 26.7 Å². The third-order valence-corrected chi connectivity index (χ3v) is 6.08. The number of amides is 3. The van der Waals surface area contributed by atoms with Gasteiger partial charge in [0.05, 0.1) is 11.3 Å². The average molecular weight is 439 g/mol. The largest absolute Gasteiger partial charge is 0.336 e. The molecule has 1 aromatic heterocycles. The number of rotatable bonds is 6. The van der Waals surface area contributed by atoms with Gasteiger partial charge in [-0.15, -0.1) is 11.3 Å².